The Morgan fingerprint density at radius 1 is 1.00 bits per heavy atom. The van der Waals surface area contributed by atoms with Crippen LogP contribution in [0.15, 0.2) is 53.4 Å². The van der Waals surface area contributed by atoms with Crippen molar-refractivity contribution in [3.8, 4) is 0 Å². The molecule has 0 aromatic heterocycles. The molecule has 2 rings (SSSR count). The van der Waals surface area contributed by atoms with E-state index in [9.17, 15) is 13.2 Å². The van der Waals surface area contributed by atoms with Crippen molar-refractivity contribution in [1.29, 1.82) is 0 Å². The van der Waals surface area contributed by atoms with Gasteiger partial charge in [0.2, 0.25) is 0 Å². The number of carbonyl (C=O) groups excluding carboxylic acids is 1. The minimum absolute atomic E-state index is 0.122. The number of amides is 1. The number of rotatable bonds is 5. The number of anilines is 1. The number of nitrogens with one attached hydrogen (secondary N) is 2. The van der Waals surface area contributed by atoms with E-state index in [0.29, 0.717) is 17.0 Å². The molecule has 1 amide bonds. The third kappa shape index (κ3) is 4.08. The van der Waals surface area contributed by atoms with Gasteiger partial charge in [0.15, 0.2) is 9.84 Å². The van der Waals surface area contributed by atoms with Crippen molar-refractivity contribution in [3.05, 3.63) is 59.7 Å². The first-order valence-corrected chi connectivity index (χ1v) is 8.64. The summed E-state index contributed by atoms with van der Waals surface area (Å²) in [5.74, 6) is -0.122. The van der Waals surface area contributed by atoms with Gasteiger partial charge in [-0.15, -0.1) is 0 Å². The first-order chi connectivity index (χ1) is 10.4. The molecule has 0 heterocycles. The zero-order chi connectivity index (χ0) is 16.2. The summed E-state index contributed by atoms with van der Waals surface area (Å²) in [6, 6.07) is 13.9. The Balaban J connectivity index is 1.99. The molecule has 0 fully saturated rings. The third-order valence-electron chi connectivity index (χ3n) is 3.22. The predicted molar refractivity (Wildman–Crippen MR) is 86.7 cm³/mol. The number of hydrogen-bond donors (Lipinski definition) is 2. The second kappa shape index (κ2) is 6.62. The summed E-state index contributed by atoms with van der Waals surface area (Å²) >= 11 is 0. The van der Waals surface area contributed by atoms with Crippen LogP contribution in [0.4, 0.5) is 5.69 Å². The maximum absolute atomic E-state index is 11.4. The minimum atomic E-state index is -3.16. The lowest BCUT2D eigenvalue weighted by Crippen LogP contribution is -2.17. The summed E-state index contributed by atoms with van der Waals surface area (Å²) in [6.45, 7) is 0.573. The van der Waals surface area contributed by atoms with Gasteiger partial charge in [-0.25, -0.2) is 8.42 Å². The van der Waals surface area contributed by atoms with Crippen molar-refractivity contribution >= 4 is 21.4 Å². The van der Waals surface area contributed by atoms with Gasteiger partial charge in [0, 0.05) is 31.1 Å². The predicted octanol–water partition coefficient (Wildman–Crippen LogP) is 2.06. The molecule has 22 heavy (non-hydrogen) atoms. The molecular formula is C16H18N2O3S. The third-order valence-corrected chi connectivity index (χ3v) is 4.35. The molecule has 0 spiro atoms. The van der Waals surface area contributed by atoms with E-state index >= 15 is 0 Å². The normalized spacial score (nSPS) is 11.0. The highest BCUT2D eigenvalue weighted by Gasteiger charge is 2.06. The smallest absolute Gasteiger partial charge is 0.251 e. The highest BCUT2D eigenvalue weighted by molar-refractivity contribution is 7.90. The van der Waals surface area contributed by atoms with Gasteiger partial charge >= 0.3 is 0 Å². The van der Waals surface area contributed by atoms with E-state index < -0.39 is 9.84 Å². The van der Waals surface area contributed by atoms with E-state index in [4.69, 9.17) is 0 Å². The van der Waals surface area contributed by atoms with Gasteiger partial charge in [-0.1, -0.05) is 12.1 Å². The van der Waals surface area contributed by atoms with Crippen LogP contribution in [0.3, 0.4) is 0 Å². The Kier molecular flexibility index (Phi) is 4.82. The van der Waals surface area contributed by atoms with Gasteiger partial charge in [-0.3, -0.25) is 4.79 Å². The van der Waals surface area contributed by atoms with Gasteiger partial charge in [-0.2, -0.15) is 0 Å². The van der Waals surface area contributed by atoms with Crippen LogP contribution in [0.5, 0.6) is 0 Å². The molecule has 0 atom stereocenters. The second-order valence-corrected chi connectivity index (χ2v) is 6.94. The molecule has 116 valence electrons. The SMILES string of the molecule is CNC(=O)c1ccc(NCc2ccc(S(C)(=O)=O)cc2)cc1. The first kappa shape index (κ1) is 16.0. The Morgan fingerprint density at radius 2 is 1.59 bits per heavy atom. The average molecular weight is 318 g/mol. The Bertz CT molecular complexity index is 751. The molecule has 2 aromatic rings. The summed E-state index contributed by atoms with van der Waals surface area (Å²) in [4.78, 5) is 11.7. The molecule has 6 heteroatoms. The highest BCUT2D eigenvalue weighted by atomic mass is 32.2. The Labute approximate surface area is 130 Å². The molecule has 0 aliphatic rings. The zero-order valence-corrected chi connectivity index (χ0v) is 13.3. The van der Waals surface area contributed by atoms with Crippen LogP contribution in [0.25, 0.3) is 0 Å². The van der Waals surface area contributed by atoms with Crippen molar-refractivity contribution in [3.63, 3.8) is 0 Å². The van der Waals surface area contributed by atoms with E-state index in [2.05, 4.69) is 10.6 Å². The molecule has 5 nitrogen and oxygen atoms in total. The molecule has 0 bridgehead atoms. The van der Waals surface area contributed by atoms with Crippen molar-refractivity contribution < 1.29 is 13.2 Å². The molecule has 2 N–H and O–H groups in total. The molecular weight excluding hydrogens is 300 g/mol. The van der Waals surface area contributed by atoms with Gasteiger partial charge in [0.25, 0.3) is 5.91 Å². The fraction of sp³-hybridized carbons (Fsp3) is 0.188. The Morgan fingerprint density at radius 3 is 2.09 bits per heavy atom. The van der Waals surface area contributed by atoms with Crippen molar-refractivity contribution in [2.75, 3.05) is 18.6 Å². The summed E-state index contributed by atoms with van der Waals surface area (Å²) < 4.78 is 22.8. The monoisotopic (exact) mass is 318 g/mol. The Hall–Kier alpha value is -2.34. The van der Waals surface area contributed by atoms with Crippen LogP contribution in [0, 0.1) is 0 Å². The van der Waals surface area contributed by atoms with E-state index in [1.807, 2.05) is 12.1 Å². The lowest BCUT2D eigenvalue weighted by molar-refractivity contribution is 0.0963. The summed E-state index contributed by atoms with van der Waals surface area (Å²) in [7, 11) is -1.57. The number of benzene rings is 2. The van der Waals surface area contributed by atoms with Crippen LogP contribution < -0.4 is 10.6 Å². The lowest BCUT2D eigenvalue weighted by Gasteiger charge is -2.08. The van der Waals surface area contributed by atoms with Crippen LogP contribution in [-0.4, -0.2) is 27.6 Å². The fourth-order valence-corrected chi connectivity index (χ4v) is 2.57. The van der Waals surface area contributed by atoms with Gasteiger partial charge in [0.05, 0.1) is 4.90 Å². The van der Waals surface area contributed by atoms with Crippen molar-refractivity contribution in [1.82, 2.24) is 5.32 Å². The lowest BCUT2D eigenvalue weighted by atomic mass is 10.2. The molecule has 0 saturated heterocycles. The van der Waals surface area contributed by atoms with E-state index in [-0.39, 0.29) is 5.91 Å². The minimum Gasteiger partial charge on any atom is -0.381 e. The summed E-state index contributed by atoms with van der Waals surface area (Å²) in [5.41, 5.74) is 2.47. The van der Waals surface area contributed by atoms with E-state index in [1.165, 1.54) is 6.26 Å². The van der Waals surface area contributed by atoms with Crippen LogP contribution >= 0.6 is 0 Å². The number of sulfone groups is 1. The van der Waals surface area contributed by atoms with Crippen molar-refractivity contribution in [2.45, 2.75) is 11.4 Å². The fourth-order valence-electron chi connectivity index (χ4n) is 1.94. The number of carbonyl (C=O) groups is 1. The molecule has 0 unspecified atom stereocenters. The van der Waals surface area contributed by atoms with Crippen LogP contribution in [0.1, 0.15) is 15.9 Å². The van der Waals surface area contributed by atoms with Gasteiger partial charge in [-0.05, 0) is 42.0 Å². The van der Waals surface area contributed by atoms with Crippen LogP contribution in [0.2, 0.25) is 0 Å². The maximum atomic E-state index is 11.4. The molecule has 0 radical (unpaired) electrons. The van der Waals surface area contributed by atoms with E-state index in [0.717, 1.165) is 11.3 Å². The maximum Gasteiger partial charge on any atom is 0.251 e. The highest BCUT2D eigenvalue weighted by Crippen LogP contribution is 2.13. The van der Waals surface area contributed by atoms with E-state index in [1.54, 1.807) is 43.4 Å². The number of hydrogen-bond acceptors (Lipinski definition) is 4. The largest absolute Gasteiger partial charge is 0.381 e. The zero-order valence-electron chi connectivity index (χ0n) is 12.5. The summed E-state index contributed by atoms with van der Waals surface area (Å²) in [5, 5.41) is 5.79. The molecule has 0 saturated carbocycles. The quantitative estimate of drug-likeness (QED) is 0.885. The van der Waals surface area contributed by atoms with Gasteiger partial charge in [0.1, 0.15) is 0 Å². The standard InChI is InChI=1S/C16H18N2O3S/c1-17-16(19)13-5-7-14(8-6-13)18-11-12-3-9-15(10-4-12)22(2,20)21/h3-10,18H,11H2,1-2H3,(H,17,19). The summed E-state index contributed by atoms with van der Waals surface area (Å²) in [6.07, 6.45) is 1.19. The van der Waals surface area contributed by atoms with Crippen molar-refractivity contribution in [2.24, 2.45) is 0 Å². The topological polar surface area (TPSA) is 75.3 Å². The van der Waals surface area contributed by atoms with Gasteiger partial charge < -0.3 is 10.6 Å². The second-order valence-electron chi connectivity index (χ2n) is 4.93. The molecule has 0 aliphatic heterocycles. The molecule has 2 aromatic carbocycles. The average Bonchev–Trinajstić information content (AvgIpc) is 2.52. The molecule has 0 aliphatic carbocycles. The first-order valence-electron chi connectivity index (χ1n) is 6.75. The van der Waals surface area contributed by atoms with Crippen LogP contribution in [-0.2, 0) is 16.4 Å².